The van der Waals surface area contributed by atoms with Crippen molar-refractivity contribution in [3.63, 3.8) is 0 Å². The lowest BCUT2D eigenvalue weighted by Gasteiger charge is -2.52. The van der Waals surface area contributed by atoms with E-state index in [-0.39, 0.29) is 54.5 Å². The maximum absolute atomic E-state index is 13.9. The summed E-state index contributed by atoms with van der Waals surface area (Å²) in [5, 5.41) is 0. The number of carbonyl (C=O) groups is 2. The molecule has 0 N–H and O–H groups in total. The minimum Gasteiger partial charge on any atom is -0.335 e. The first-order chi connectivity index (χ1) is 16.9. The summed E-state index contributed by atoms with van der Waals surface area (Å²) >= 11 is 3.48. The third-order valence-corrected chi connectivity index (χ3v) is 9.78. The van der Waals surface area contributed by atoms with Crippen LogP contribution in [0, 0.1) is 5.82 Å². The van der Waals surface area contributed by atoms with E-state index in [4.69, 9.17) is 0 Å². The van der Waals surface area contributed by atoms with Crippen LogP contribution in [0.2, 0.25) is 0 Å². The van der Waals surface area contributed by atoms with Crippen LogP contribution < -0.4 is 0 Å². The van der Waals surface area contributed by atoms with Crippen molar-refractivity contribution in [1.82, 2.24) is 14.1 Å². The Morgan fingerprint density at radius 1 is 1.17 bits per heavy atom. The fourth-order valence-electron chi connectivity index (χ4n) is 4.79. The molecule has 0 aromatic heterocycles. The maximum atomic E-state index is 13.9. The number of rotatable bonds is 8. The van der Waals surface area contributed by atoms with Gasteiger partial charge in [0.2, 0.25) is 21.8 Å². The summed E-state index contributed by atoms with van der Waals surface area (Å²) < 4.78 is 43.6. The molecule has 36 heavy (non-hydrogen) atoms. The van der Waals surface area contributed by atoms with E-state index >= 15 is 0 Å². The van der Waals surface area contributed by atoms with E-state index in [1.54, 1.807) is 24.0 Å². The first-order valence-corrected chi connectivity index (χ1v) is 14.6. The number of hydrogen-bond donors (Lipinski definition) is 0. The van der Waals surface area contributed by atoms with Gasteiger partial charge in [-0.3, -0.25) is 9.59 Å². The molecule has 1 aromatic carbocycles. The third kappa shape index (κ3) is 5.75. The third-order valence-electron chi connectivity index (χ3n) is 6.91. The molecule has 0 spiro atoms. The van der Waals surface area contributed by atoms with Crippen LogP contribution in [-0.2, 0) is 26.0 Å². The standard InChI is InChI=1S/C26H35BrFN3O4S/c1-6-20(15-21(27)7-2)18(5)36(34,35)30-13-12-25(32)31-23(14-19-8-10-22(28)11-9-19)26(33)29(17(3)4)16-24(30)31/h8-11,15,17,23-24H,6-7,12-14,16H2,1-5H3/b20-18+,21-15+. The molecular weight excluding hydrogens is 549 g/mol. The molecular formula is C26H35BrFN3O4S. The Morgan fingerprint density at radius 2 is 1.81 bits per heavy atom. The zero-order valence-electron chi connectivity index (χ0n) is 21.5. The molecule has 198 valence electrons. The van der Waals surface area contributed by atoms with E-state index in [2.05, 4.69) is 15.9 Å². The van der Waals surface area contributed by atoms with Crippen molar-refractivity contribution in [3.05, 3.63) is 56.7 Å². The normalized spacial score (nSPS) is 22.7. The average Bonchev–Trinajstić information content (AvgIpc) is 2.84. The molecule has 2 aliphatic rings. The van der Waals surface area contributed by atoms with E-state index in [0.29, 0.717) is 17.6 Å². The molecule has 2 unspecified atom stereocenters. The highest BCUT2D eigenvalue weighted by Gasteiger charge is 2.51. The highest BCUT2D eigenvalue weighted by Crippen LogP contribution is 2.33. The summed E-state index contributed by atoms with van der Waals surface area (Å²) in [7, 11) is -3.92. The number of hydrogen-bond acceptors (Lipinski definition) is 4. The predicted molar refractivity (Wildman–Crippen MR) is 142 cm³/mol. The van der Waals surface area contributed by atoms with Crippen LogP contribution in [0.5, 0.6) is 0 Å². The quantitative estimate of drug-likeness (QED) is 0.421. The van der Waals surface area contributed by atoms with Crippen LogP contribution in [-0.4, -0.2) is 65.7 Å². The van der Waals surface area contributed by atoms with Crippen LogP contribution >= 0.6 is 15.9 Å². The molecule has 1 aromatic rings. The molecule has 0 saturated carbocycles. The van der Waals surface area contributed by atoms with Crippen LogP contribution in [0.1, 0.15) is 59.4 Å². The van der Waals surface area contributed by atoms with Gasteiger partial charge in [0.25, 0.3) is 0 Å². The van der Waals surface area contributed by atoms with Gasteiger partial charge in [-0.2, -0.15) is 4.31 Å². The highest BCUT2D eigenvalue weighted by molar-refractivity contribution is 9.11. The smallest absolute Gasteiger partial charge is 0.246 e. The van der Waals surface area contributed by atoms with Gasteiger partial charge in [0.05, 0.1) is 11.4 Å². The molecule has 7 nitrogen and oxygen atoms in total. The Labute approximate surface area is 222 Å². The predicted octanol–water partition coefficient (Wildman–Crippen LogP) is 4.55. The van der Waals surface area contributed by atoms with E-state index in [9.17, 15) is 22.4 Å². The van der Waals surface area contributed by atoms with Gasteiger partial charge in [-0.05, 0) is 67.4 Å². The number of amides is 2. The Morgan fingerprint density at radius 3 is 2.36 bits per heavy atom. The van der Waals surface area contributed by atoms with Crippen molar-refractivity contribution in [3.8, 4) is 0 Å². The first-order valence-electron chi connectivity index (χ1n) is 12.4. The molecule has 0 radical (unpaired) electrons. The van der Waals surface area contributed by atoms with Crippen molar-refractivity contribution in [1.29, 1.82) is 0 Å². The van der Waals surface area contributed by atoms with Crippen molar-refractivity contribution >= 4 is 37.8 Å². The Hall–Kier alpha value is -2.04. The molecule has 2 fully saturated rings. The number of fused-ring (bicyclic) bond motifs is 1. The fourth-order valence-corrected chi connectivity index (χ4v) is 6.77. The summed E-state index contributed by atoms with van der Waals surface area (Å²) in [5.41, 5.74) is 1.40. The van der Waals surface area contributed by atoms with Gasteiger partial charge in [0.1, 0.15) is 18.0 Å². The van der Waals surface area contributed by atoms with Crippen molar-refractivity contribution in [2.75, 3.05) is 13.1 Å². The maximum Gasteiger partial charge on any atom is 0.246 e. The summed E-state index contributed by atoms with van der Waals surface area (Å²) in [6.45, 7) is 9.39. The van der Waals surface area contributed by atoms with Gasteiger partial charge < -0.3 is 9.80 Å². The summed E-state index contributed by atoms with van der Waals surface area (Å²) in [5.74, 6) is -0.866. The number of sulfonamides is 1. The molecule has 0 bridgehead atoms. The first kappa shape index (κ1) is 28.5. The van der Waals surface area contributed by atoms with Crippen molar-refractivity contribution in [2.24, 2.45) is 0 Å². The fraction of sp³-hybridized carbons (Fsp3) is 0.538. The lowest BCUT2D eigenvalue weighted by molar-refractivity contribution is -0.166. The van der Waals surface area contributed by atoms with Crippen LogP contribution in [0.4, 0.5) is 4.39 Å². The number of carbonyl (C=O) groups excluding carboxylic acids is 2. The Kier molecular flexibility index (Phi) is 9.16. The van der Waals surface area contributed by atoms with E-state index < -0.39 is 22.2 Å². The summed E-state index contributed by atoms with van der Waals surface area (Å²) in [6, 6.07) is 4.77. The lowest BCUT2D eigenvalue weighted by atomic mass is 9.97. The van der Waals surface area contributed by atoms with Crippen LogP contribution in [0.15, 0.2) is 45.3 Å². The monoisotopic (exact) mass is 583 g/mol. The largest absolute Gasteiger partial charge is 0.335 e. The zero-order chi connectivity index (χ0) is 26.8. The van der Waals surface area contributed by atoms with E-state index in [1.807, 2.05) is 33.8 Å². The van der Waals surface area contributed by atoms with E-state index in [0.717, 1.165) is 10.9 Å². The lowest BCUT2D eigenvalue weighted by Crippen LogP contribution is -2.72. The van der Waals surface area contributed by atoms with Gasteiger partial charge in [-0.1, -0.05) is 41.9 Å². The van der Waals surface area contributed by atoms with Crippen LogP contribution in [0.3, 0.4) is 0 Å². The van der Waals surface area contributed by atoms with Crippen molar-refractivity contribution < 1.29 is 22.4 Å². The second kappa shape index (κ2) is 11.6. The number of piperazine rings is 1. The molecule has 2 amide bonds. The van der Waals surface area contributed by atoms with Gasteiger partial charge in [-0.25, -0.2) is 12.8 Å². The number of allylic oxidation sites excluding steroid dienone is 4. The van der Waals surface area contributed by atoms with Gasteiger partial charge in [0, 0.05) is 25.4 Å². The minimum absolute atomic E-state index is 0.00611. The van der Waals surface area contributed by atoms with E-state index in [1.165, 1.54) is 21.3 Å². The average molecular weight is 585 g/mol. The molecule has 2 atom stereocenters. The molecule has 2 heterocycles. The highest BCUT2D eigenvalue weighted by atomic mass is 79.9. The van der Waals surface area contributed by atoms with Gasteiger partial charge >= 0.3 is 0 Å². The summed E-state index contributed by atoms with van der Waals surface area (Å²) in [4.78, 5) is 30.0. The molecule has 2 saturated heterocycles. The number of benzene rings is 1. The van der Waals surface area contributed by atoms with Gasteiger partial charge in [0.15, 0.2) is 0 Å². The number of halogens is 2. The molecule has 3 rings (SSSR count). The molecule has 0 aliphatic carbocycles. The topological polar surface area (TPSA) is 78.0 Å². The zero-order valence-corrected chi connectivity index (χ0v) is 23.9. The Balaban J connectivity index is 2.07. The van der Waals surface area contributed by atoms with Crippen molar-refractivity contribution in [2.45, 2.75) is 78.6 Å². The Bertz CT molecular complexity index is 1160. The summed E-state index contributed by atoms with van der Waals surface area (Å²) in [6.07, 6.45) is 2.48. The van der Waals surface area contributed by atoms with Gasteiger partial charge in [-0.15, -0.1) is 0 Å². The SMILES string of the molecule is CC/C(Br)=C\C(CC)=C(/C)S(=O)(=O)N1CCC(=O)N2C(Cc3ccc(F)cc3)C(=O)N(C(C)C)CC21. The molecule has 2 aliphatic heterocycles. The molecule has 10 heteroatoms. The number of nitrogens with zero attached hydrogens (tertiary/aromatic N) is 3. The minimum atomic E-state index is -3.92. The van der Waals surface area contributed by atoms with Crippen LogP contribution in [0.25, 0.3) is 0 Å². The second-order valence-corrected chi connectivity index (χ2v) is 12.5. The second-order valence-electron chi connectivity index (χ2n) is 9.46.